The zero-order valence-corrected chi connectivity index (χ0v) is 21.9. The van der Waals surface area contributed by atoms with Gasteiger partial charge in [-0.15, -0.1) is 6.58 Å². The van der Waals surface area contributed by atoms with E-state index >= 15 is 0 Å². The molecule has 6 rings (SSSR count). The van der Waals surface area contributed by atoms with E-state index in [4.69, 9.17) is 9.47 Å². The number of piperidine rings is 3. The van der Waals surface area contributed by atoms with Crippen molar-refractivity contribution in [3.63, 3.8) is 0 Å². The largest absolute Gasteiger partial charge is 0.497 e. The lowest BCUT2D eigenvalue weighted by Gasteiger charge is -2.50. The number of esters is 1. The molecule has 7 nitrogen and oxygen atoms in total. The Bertz CT molecular complexity index is 1340. The summed E-state index contributed by atoms with van der Waals surface area (Å²) in [7, 11) is 2.98. The number of benzene rings is 2. The Morgan fingerprint density at radius 3 is 2.66 bits per heavy atom. The van der Waals surface area contributed by atoms with Crippen LogP contribution < -0.4 is 9.47 Å². The molecule has 3 aliphatic rings. The fourth-order valence-corrected chi connectivity index (χ4v) is 5.76. The Morgan fingerprint density at radius 1 is 1.18 bits per heavy atom. The Balaban J connectivity index is 1.46. The summed E-state index contributed by atoms with van der Waals surface area (Å²) in [5, 5.41) is 12.8. The number of carbonyl (C=O) groups excluding carboxylic acids is 1. The second-order valence-corrected chi connectivity index (χ2v) is 9.97. The van der Waals surface area contributed by atoms with Crippen LogP contribution in [0.3, 0.4) is 0 Å². The average Bonchev–Trinajstić information content (AvgIpc) is 2.98. The SMILES string of the molecule is C=C[C@H]1CN2CCC1C[C@H]2[C@H](O)c1c(/C=C\c2ccc(OCC(=O)OC)cc2)cnc2ccc(OC)cc12. The summed E-state index contributed by atoms with van der Waals surface area (Å²) in [6, 6.07) is 13.3. The lowest BCUT2D eigenvalue weighted by molar-refractivity contribution is -0.142. The number of nitrogens with zero attached hydrogens (tertiary/aromatic N) is 2. The van der Waals surface area contributed by atoms with Crippen molar-refractivity contribution in [2.24, 2.45) is 11.8 Å². The van der Waals surface area contributed by atoms with Gasteiger partial charge in [0.1, 0.15) is 11.5 Å². The minimum Gasteiger partial charge on any atom is -0.497 e. The van der Waals surface area contributed by atoms with E-state index in [1.807, 2.05) is 60.8 Å². The first-order valence-corrected chi connectivity index (χ1v) is 13.0. The van der Waals surface area contributed by atoms with Crippen LogP contribution in [0.1, 0.15) is 35.6 Å². The highest BCUT2D eigenvalue weighted by Gasteiger charge is 2.42. The van der Waals surface area contributed by atoms with Crippen molar-refractivity contribution in [1.82, 2.24) is 9.88 Å². The van der Waals surface area contributed by atoms with Gasteiger partial charge in [0.25, 0.3) is 0 Å². The van der Waals surface area contributed by atoms with Gasteiger partial charge in [0.2, 0.25) is 0 Å². The Kier molecular flexibility index (Phi) is 7.77. The summed E-state index contributed by atoms with van der Waals surface area (Å²) in [5.74, 6) is 1.93. The summed E-state index contributed by atoms with van der Waals surface area (Å²) in [6.07, 6.45) is 9.32. The highest BCUT2D eigenvalue weighted by atomic mass is 16.6. The molecule has 2 bridgehead atoms. The van der Waals surface area contributed by atoms with Crippen molar-refractivity contribution >= 4 is 29.0 Å². The molecule has 0 amide bonds. The Morgan fingerprint density at radius 2 is 1.97 bits per heavy atom. The summed E-state index contributed by atoms with van der Waals surface area (Å²) in [6.45, 7) is 5.84. The van der Waals surface area contributed by atoms with E-state index < -0.39 is 12.1 Å². The topological polar surface area (TPSA) is 81.1 Å². The lowest BCUT2D eigenvalue weighted by Crippen LogP contribution is -2.54. The molecule has 0 radical (unpaired) electrons. The lowest BCUT2D eigenvalue weighted by atomic mass is 9.73. The minimum atomic E-state index is -0.671. The first-order chi connectivity index (χ1) is 18.5. The second kappa shape index (κ2) is 11.4. The molecule has 3 aliphatic heterocycles. The summed E-state index contributed by atoms with van der Waals surface area (Å²) in [5.41, 5.74) is 3.52. The van der Waals surface area contributed by atoms with Crippen LogP contribution in [0, 0.1) is 11.8 Å². The zero-order valence-electron chi connectivity index (χ0n) is 21.9. The molecule has 4 heterocycles. The van der Waals surface area contributed by atoms with E-state index in [0.29, 0.717) is 17.6 Å². The van der Waals surface area contributed by atoms with Gasteiger partial charge in [-0.3, -0.25) is 9.88 Å². The zero-order chi connectivity index (χ0) is 26.6. The van der Waals surface area contributed by atoms with E-state index in [1.165, 1.54) is 7.11 Å². The van der Waals surface area contributed by atoms with Gasteiger partial charge < -0.3 is 19.3 Å². The molecule has 1 aromatic heterocycles. The Hall–Kier alpha value is -3.68. The molecule has 2 aromatic carbocycles. The number of hydrogen-bond acceptors (Lipinski definition) is 7. The maximum absolute atomic E-state index is 11.9. The molecule has 38 heavy (non-hydrogen) atoms. The first-order valence-electron chi connectivity index (χ1n) is 13.0. The van der Waals surface area contributed by atoms with Gasteiger partial charge in [-0.2, -0.15) is 0 Å². The normalized spacial score (nSPS) is 23.3. The summed E-state index contributed by atoms with van der Waals surface area (Å²) >= 11 is 0. The van der Waals surface area contributed by atoms with Gasteiger partial charge in [-0.05, 0) is 72.7 Å². The van der Waals surface area contributed by atoms with E-state index in [1.54, 1.807) is 7.11 Å². The number of rotatable bonds is 9. The second-order valence-electron chi connectivity index (χ2n) is 9.97. The van der Waals surface area contributed by atoms with E-state index in [0.717, 1.165) is 59.3 Å². The van der Waals surface area contributed by atoms with E-state index in [-0.39, 0.29) is 12.6 Å². The van der Waals surface area contributed by atoms with E-state index in [2.05, 4.69) is 27.3 Å². The highest BCUT2D eigenvalue weighted by molar-refractivity contribution is 5.88. The number of pyridine rings is 1. The third-order valence-electron chi connectivity index (χ3n) is 7.88. The molecular weight excluding hydrogens is 480 g/mol. The number of carbonyl (C=O) groups is 1. The molecule has 3 aromatic rings. The molecule has 7 heteroatoms. The van der Waals surface area contributed by atoms with Gasteiger partial charge >= 0.3 is 5.97 Å². The van der Waals surface area contributed by atoms with Crippen molar-refractivity contribution < 1.29 is 24.1 Å². The first kappa shape index (κ1) is 25.9. The molecule has 0 aliphatic carbocycles. The smallest absolute Gasteiger partial charge is 0.343 e. The number of ether oxygens (including phenoxy) is 3. The molecule has 198 valence electrons. The molecule has 0 spiro atoms. The number of hydrogen-bond donors (Lipinski definition) is 1. The molecule has 3 fully saturated rings. The van der Waals surface area contributed by atoms with Crippen molar-refractivity contribution in [2.45, 2.75) is 25.0 Å². The predicted molar refractivity (Wildman–Crippen MR) is 148 cm³/mol. The minimum absolute atomic E-state index is 0.0418. The van der Waals surface area contributed by atoms with Crippen LogP contribution in [0.5, 0.6) is 11.5 Å². The van der Waals surface area contributed by atoms with Crippen LogP contribution in [0.2, 0.25) is 0 Å². The van der Waals surface area contributed by atoms with Crippen molar-refractivity contribution in [3.8, 4) is 11.5 Å². The third kappa shape index (κ3) is 5.30. The van der Waals surface area contributed by atoms with Crippen LogP contribution in [0.25, 0.3) is 23.1 Å². The molecule has 5 atom stereocenters. The fraction of sp³-hybridized carbons (Fsp3) is 0.355. The van der Waals surface area contributed by atoms with Crippen LogP contribution >= 0.6 is 0 Å². The standard InChI is InChI=1S/C31H34N2O5/c1-4-21-18-33-14-13-22(21)15-28(33)31(35)30-23(17-32-27-12-11-25(36-2)16-26(27)30)8-5-20-6-9-24(10-7-20)38-19-29(34)37-3/h4-12,16-17,21-22,28,31,35H,1,13-15,18-19H2,2-3H3/b8-5-/t21-,22?,28-,31-/m0/s1. The number of fused-ring (bicyclic) bond motifs is 4. The van der Waals surface area contributed by atoms with Gasteiger partial charge in [0.15, 0.2) is 6.61 Å². The number of aliphatic hydroxyl groups excluding tert-OH is 1. The highest BCUT2D eigenvalue weighted by Crippen LogP contribution is 2.43. The van der Waals surface area contributed by atoms with Gasteiger partial charge in [0, 0.05) is 29.7 Å². The van der Waals surface area contributed by atoms with Gasteiger partial charge in [-0.1, -0.05) is 30.4 Å². The van der Waals surface area contributed by atoms with Gasteiger partial charge in [-0.25, -0.2) is 4.79 Å². The maximum atomic E-state index is 11.9. The van der Waals surface area contributed by atoms with Crippen LogP contribution in [0.4, 0.5) is 0 Å². The number of methoxy groups -OCH3 is 2. The molecule has 3 saturated heterocycles. The molecule has 0 saturated carbocycles. The summed E-state index contributed by atoms with van der Waals surface area (Å²) in [4.78, 5) is 18.4. The number of aliphatic hydroxyl groups is 1. The van der Waals surface area contributed by atoms with Crippen molar-refractivity contribution in [3.05, 3.63) is 78.0 Å². The monoisotopic (exact) mass is 514 g/mol. The van der Waals surface area contributed by atoms with Gasteiger partial charge in [0.05, 0.1) is 25.8 Å². The quantitative estimate of drug-likeness (QED) is 0.321. The predicted octanol–water partition coefficient (Wildman–Crippen LogP) is 4.90. The van der Waals surface area contributed by atoms with E-state index in [9.17, 15) is 9.90 Å². The molecule has 2 unspecified atom stereocenters. The molecular formula is C31H34N2O5. The fourth-order valence-electron chi connectivity index (χ4n) is 5.76. The Labute approximate surface area is 223 Å². The summed E-state index contributed by atoms with van der Waals surface area (Å²) < 4.78 is 15.6. The van der Waals surface area contributed by atoms with Crippen molar-refractivity contribution in [1.29, 1.82) is 0 Å². The average molecular weight is 515 g/mol. The van der Waals surface area contributed by atoms with Crippen molar-refractivity contribution in [2.75, 3.05) is 33.9 Å². The van der Waals surface area contributed by atoms with Crippen LogP contribution in [0.15, 0.2) is 61.3 Å². The van der Waals surface area contributed by atoms with Crippen LogP contribution in [-0.2, 0) is 9.53 Å². The third-order valence-corrected chi connectivity index (χ3v) is 7.88. The maximum Gasteiger partial charge on any atom is 0.343 e. The number of aromatic nitrogens is 1. The molecule has 1 N–H and O–H groups in total. The van der Waals surface area contributed by atoms with Crippen LogP contribution in [-0.4, -0.2) is 60.9 Å².